The van der Waals surface area contributed by atoms with E-state index in [1.165, 1.54) is 7.11 Å². The summed E-state index contributed by atoms with van der Waals surface area (Å²) in [6.07, 6.45) is 1.95. The van der Waals surface area contributed by atoms with Crippen LogP contribution in [0.25, 0.3) is 0 Å². The molecule has 1 unspecified atom stereocenters. The molecule has 6 heteroatoms. The summed E-state index contributed by atoms with van der Waals surface area (Å²) < 4.78 is 4.65. The number of methoxy groups -OCH3 is 1. The first kappa shape index (κ1) is 16.5. The van der Waals surface area contributed by atoms with Crippen molar-refractivity contribution in [1.82, 2.24) is 4.90 Å². The first-order chi connectivity index (χ1) is 9.49. The van der Waals surface area contributed by atoms with E-state index in [1.807, 2.05) is 30.5 Å². The Morgan fingerprint density at radius 1 is 1.40 bits per heavy atom. The van der Waals surface area contributed by atoms with Crippen LogP contribution in [-0.4, -0.2) is 49.8 Å². The van der Waals surface area contributed by atoms with Gasteiger partial charge in [-0.3, -0.25) is 14.5 Å². The van der Waals surface area contributed by atoms with Crippen molar-refractivity contribution in [3.8, 4) is 0 Å². The third-order valence-corrected chi connectivity index (χ3v) is 3.77. The molecule has 1 atom stereocenters. The largest absolute Gasteiger partial charge is 0.468 e. The fourth-order valence-corrected chi connectivity index (χ4v) is 2.21. The summed E-state index contributed by atoms with van der Waals surface area (Å²) in [5.74, 6) is -0.519. The highest BCUT2D eigenvalue weighted by Crippen LogP contribution is 2.24. The molecule has 0 spiro atoms. The van der Waals surface area contributed by atoms with Gasteiger partial charge >= 0.3 is 5.97 Å². The average Bonchev–Trinajstić information content (AvgIpc) is 2.45. The van der Waals surface area contributed by atoms with Crippen molar-refractivity contribution in [2.24, 2.45) is 0 Å². The number of para-hydroxylation sites is 1. The first-order valence-corrected chi connectivity index (χ1v) is 7.43. The van der Waals surface area contributed by atoms with Crippen molar-refractivity contribution in [3.63, 3.8) is 0 Å². The predicted molar refractivity (Wildman–Crippen MR) is 81.0 cm³/mol. The molecule has 0 aliphatic rings. The summed E-state index contributed by atoms with van der Waals surface area (Å²) in [5, 5.41) is 2.85. The number of esters is 1. The molecule has 0 aliphatic carbocycles. The Kier molecular flexibility index (Phi) is 6.54. The van der Waals surface area contributed by atoms with E-state index in [0.29, 0.717) is 0 Å². The van der Waals surface area contributed by atoms with E-state index in [1.54, 1.807) is 30.6 Å². The van der Waals surface area contributed by atoms with Crippen molar-refractivity contribution >= 4 is 29.3 Å². The zero-order valence-electron chi connectivity index (χ0n) is 12.2. The number of hydrogen-bond acceptors (Lipinski definition) is 5. The van der Waals surface area contributed by atoms with Crippen molar-refractivity contribution in [2.75, 3.05) is 32.3 Å². The number of ether oxygens (including phenoxy) is 1. The number of anilines is 1. The lowest BCUT2D eigenvalue weighted by atomic mass is 10.3. The van der Waals surface area contributed by atoms with Gasteiger partial charge in [0.25, 0.3) is 0 Å². The third kappa shape index (κ3) is 4.54. The second-order valence-corrected chi connectivity index (χ2v) is 5.21. The molecule has 0 bridgehead atoms. The summed E-state index contributed by atoms with van der Waals surface area (Å²) in [7, 11) is 3.04. The first-order valence-electron chi connectivity index (χ1n) is 6.20. The molecule has 0 aliphatic heterocycles. The van der Waals surface area contributed by atoms with Gasteiger partial charge in [0.1, 0.15) is 6.04 Å². The van der Waals surface area contributed by atoms with Crippen LogP contribution >= 0.6 is 11.8 Å². The topological polar surface area (TPSA) is 58.6 Å². The van der Waals surface area contributed by atoms with Crippen LogP contribution in [0.2, 0.25) is 0 Å². The summed E-state index contributed by atoms with van der Waals surface area (Å²) in [6.45, 7) is 1.83. The van der Waals surface area contributed by atoms with Crippen molar-refractivity contribution in [2.45, 2.75) is 17.9 Å². The minimum atomic E-state index is -0.457. The van der Waals surface area contributed by atoms with Crippen LogP contribution in [0.15, 0.2) is 29.2 Å². The molecule has 0 heterocycles. The number of rotatable bonds is 6. The maximum absolute atomic E-state index is 12.0. The maximum atomic E-state index is 12.0. The Morgan fingerprint density at radius 2 is 2.05 bits per heavy atom. The second kappa shape index (κ2) is 7.91. The number of hydrogen-bond donors (Lipinski definition) is 1. The zero-order valence-corrected chi connectivity index (χ0v) is 13.0. The number of likely N-dealkylation sites (N-methyl/N-ethyl adjacent to an activating group) is 1. The molecule has 1 N–H and O–H groups in total. The molecule has 0 saturated carbocycles. The van der Waals surface area contributed by atoms with Gasteiger partial charge in [-0.15, -0.1) is 11.8 Å². The Bertz CT molecular complexity index is 479. The SMILES string of the molecule is COC(=O)C(C)N(C)CC(=O)Nc1ccccc1SC. The van der Waals surface area contributed by atoms with Crippen molar-refractivity contribution < 1.29 is 14.3 Å². The van der Waals surface area contributed by atoms with Gasteiger partial charge in [-0.1, -0.05) is 12.1 Å². The lowest BCUT2D eigenvalue weighted by molar-refractivity contribution is -0.146. The van der Waals surface area contributed by atoms with Gasteiger partial charge in [0.05, 0.1) is 19.3 Å². The summed E-state index contributed by atoms with van der Waals surface area (Å²) in [6, 6.07) is 7.14. The van der Waals surface area contributed by atoms with Crippen LogP contribution in [0, 0.1) is 0 Å². The molecule has 0 aromatic heterocycles. The monoisotopic (exact) mass is 296 g/mol. The highest BCUT2D eigenvalue weighted by atomic mass is 32.2. The molecule has 0 radical (unpaired) electrons. The third-order valence-electron chi connectivity index (χ3n) is 2.98. The van der Waals surface area contributed by atoms with E-state index in [4.69, 9.17) is 0 Å². The quantitative estimate of drug-likeness (QED) is 0.641. The van der Waals surface area contributed by atoms with Gasteiger partial charge in [0.15, 0.2) is 0 Å². The minimum Gasteiger partial charge on any atom is -0.468 e. The molecular formula is C14H20N2O3S. The van der Waals surface area contributed by atoms with Crippen LogP contribution < -0.4 is 5.32 Å². The molecule has 0 fully saturated rings. The van der Waals surface area contributed by atoms with E-state index in [9.17, 15) is 9.59 Å². The van der Waals surface area contributed by atoms with E-state index in [-0.39, 0.29) is 18.4 Å². The van der Waals surface area contributed by atoms with Gasteiger partial charge < -0.3 is 10.1 Å². The van der Waals surface area contributed by atoms with Crippen LogP contribution in [0.1, 0.15) is 6.92 Å². The van der Waals surface area contributed by atoms with Crippen LogP contribution in [0.5, 0.6) is 0 Å². The number of nitrogens with one attached hydrogen (secondary N) is 1. The van der Waals surface area contributed by atoms with Crippen molar-refractivity contribution in [3.05, 3.63) is 24.3 Å². The van der Waals surface area contributed by atoms with E-state index < -0.39 is 6.04 Å². The number of amides is 1. The molecular weight excluding hydrogens is 276 g/mol. The Balaban J connectivity index is 2.61. The highest BCUT2D eigenvalue weighted by Gasteiger charge is 2.20. The Hall–Kier alpha value is -1.53. The van der Waals surface area contributed by atoms with E-state index in [2.05, 4.69) is 10.1 Å². The molecule has 1 aromatic rings. The predicted octanol–water partition coefficient (Wildman–Crippen LogP) is 1.84. The molecule has 1 amide bonds. The van der Waals surface area contributed by atoms with E-state index >= 15 is 0 Å². The zero-order chi connectivity index (χ0) is 15.1. The maximum Gasteiger partial charge on any atom is 0.322 e. The number of carbonyl (C=O) groups excluding carboxylic acids is 2. The van der Waals surface area contributed by atoms with E-state index in [0.717, 1.165) is 10.6 Å². The molecule has 5 nitrogen and oxygen atoms in total. The summed E-state index contributed by atoms with van der Waals surface area (Å²) in [4.78, 5) is 26.0. The molecule has 110 valence electrons. The van der Waals surface area contributed by atoms with Gasteiger partial charge in [-0.05, 0) is 32.4 Å². The van der Waals surface area contributed by atoms with Gasteiger partial charge in [0.2, 0.25) is 5.91 Å². The standard InChI is InChI=1S/C14H20N2O3S/c1-10(14(18)19-3)16(2)9-13(17)15-11-7-5-6-8-12(11)20-4/h5-8,10H,9H2,1-4H3,(H,15,17). The smallest absolute Gasteiger partial charge is 0.322 e. The second-order valence-electron chi connectivity index (χ2n) is 4.36. The number of nitrogens with zero attached hydrogens (tertiary/aromatic N) is 1. The Morgan fingerprint density at radius 3 is 2.65 bits per heavy atom. The summed E-state index contributed by atoms with van der Waals surface area (Å²) in [5.41, 5.74) is 0.782. The number of benzene rings is 1. The normalized spacial score (nSPS) is 12.1. The lowest BCUT2D eigenvalue weighted by Crippen LogP contribution is -2.41. The minimum absolute atomic E-state index is 0.124. The lowest BCUT2D eigenvalue weighted by Gasteiger charge is -2.22. The average molecular weight is 296 g/mol. The molecule has 20 heavy (non-hydrogen) atoms. The molecule has 1 aromatic carbocycles. The number of carbonyl (C=O) groups is 2. The highest BCUT2D eigenvalue weighted by molar-refractivity contribution is 7.98. The van der Waals surface area contributed by atoms with Crippen LogP contribution in [-0.2, 0) is 14.3 Å². The fraction of sp³-hybridized carbons (Fsp3) is 0.429. The van der Waals surface area contributed by atoms with Crippen LogP contribution in [0.4, 0.5) is 5.69 Å². The van der Waals surface area contributed by atoms with Crippen LogP contribution in [0.3, 0.4) is 0 Å². The van der Waals surface area contributed by atoms with Gasteiger partial charge in [-0.2, -0.15) is 0 Å². The van der Waals surface area contributed by atoms with Gasteiger partial charge in [0, 0.05) is 4.90 Å². The number of thioether (sulfide) groups is 1. The Labute approximate surface area is 123 Å². The van der Waals surface area contributed by atoms with Crippen molar-refractivity contribution in [1.29, 1.82) is 0 Å². The molecule has 1 rings (SSSR count). The summed E-state index contributed by atoms with van der Waals surface area (Å²) >= 11 is 1.57. The van der Waals surface area contributed by atoms with Gasteiger partial charge in [-0.25, -0.2) is 0 Å². The fourth-order valence-electron chi connectivity index (χ4n) is 1.65. The molecule has 0 saturated heterocycles.